The van der Waals surface area contributed by atoms with Crippen molar-refractivity contribution in [2.75, 3.05) is 0 Å². The van der Waals surface area contributed by atoms with Gasteiger partial charge in [0, 0.05) is 6.04 Å². The molecule has 0 aliphatic heterocycles. The molecule has 0 heterocycles. The number of nitrogens with two attached hydrogens (primary N) is 1. The lowest BCUT2D eigenvalue weighted by molar-refractivity contribution is 0.293. The van der Waals surface area contributed by atoms with Gasteiger partial charge in [0.25, 0.3) is 0 Å². The number of hydrogen-bond donors (Lipinski definition) is 1. The summed E-state index contributed by atoms with van der Waals surface area (Å²) in [4.78, 5) is 0. The largest absolute Gasteiger partial charge is 0.327 e. The molecule has 1 nitrogen and oxygen atoms in total. The first kappa shape index (κ1) is 7.07. The zero-order chi connectivity index (χ0) is 7.07. The Labute approximate surface area is 57.6 Å². The molecule has 0 aromatic carbocycles. The van der Waals surface area contributed by atoms with Crippen LogP contribution < -0.4 is 5.73 Å². The number of rotatable bonds is 1. The van der Waals surface area contributed by atoms with E-state index in [0.29, 0.717) is 11.5 Å². The van der Waals surface area contributed by atoms with Crippen LogP contribution in [0.15, 0.2) is 0 Å². The van der Waals surface area contributed by atoms with Crippen LogP contribution in [-0.2, 0) is 0 Å². The molecule has 1 aliphatic rings. The van der Waals surface area contributed by atoms with Gasteiger partial charge in [-0.1, -0.05) is 20.8 Å². The van der Waals surface area contributed by atoms with Crippen molar-refractivity contribution in [3.05, 3.63) is 0 Å². The average molecular weight is 127 g/mol. The molecule has 0 saturated heterocycles. The maximum atomic E-state index is 5.96. The van der Waals surface area contributed by atoms with Gasteiger partial charge in [-0.05, 0) is 24.2 Å². The first-order valence-corrected chi connectivity index (χ1v) is 3.77. The van der Waals surface area contributed by atoms with Crippen molar-refractivity contribution in [3.63, 3.8) is 0 Å². The summed E-state index contributed by atoms with van der Waals surface area (Å²) >= 11 is 0. The van der Waals surface area contributed by atoms with E-state index in [4.69, 9.17) is 5.73 Å². The van der Waals surface area contributed by atoms with Crippen molar-refractivity contribution in [1.29, 1.82) is 0 Å². The Balaban J connectivity index is 2.40. The highest BCUT2D eigenvalue weighted by Crippen LogP contribution is 2.38. The van der Waals surface area contributed by atoms with E-state index in [1.165, 1.54) is 12.8 Å². The second kappa shape index (κ2) is 1.98. The van der Waals surface area contributed by atoms with E-state index in [1.54, 1.807) is 0 Å². The van der Waals surface area contributed by atoms with E-state index in [2.05, 4.69) is 20.8 Å². The molecule has 2 N–H and O–H groups in total. The van der Waals surface area contributed by atoms with Gasteiger partial charge in [-0.3, -0.25) is 0 Å². The molecule has 0 bridgehead atoms. The Hall–Kier alpha value is -0.0400. The van der Waals surface area contributed by atoms with E-state index in [1.807, 2.05) is 0 Å². The summed E-state index contributed by atoms with van der Waals surface area (Å²) in [6, 6.07) is 0.428. The molecule has 0 unspecified atom stereocenters. The molecule has 0 aromatic rings. The second-order valence-electron chi connectivity index (χ2n) is 4.23. The highest BCUT2D eigenvalue weighted by molar-refractivity contribution is 4.90. The molecule has 1 heteroatoms. The molecule has 1 fully saturated rings. The maximum absolute atomic E-state index is 5.96. The zero-order valence-corrected chi connectivity index (χ0v) is 6.65. The third-order valence-corrected chi connectivity index (χ3v) is 2.13. The summed E-state index contributed by atoms with van der Waals surface area (Å²) in [6.07, 6.45) is 2.72. The third kappa shape index (κ3) is 1.68. The summed E-state index contributed by atoms with van der Waals surface area (Å²) in [7, 11) is 0. The Morgan fingerprint density at radius 2 is 1.78 bits per heavy atom. The first-order chi connectivity index (χ1) is 4.02. The lowest BCUT2D eigenvalue weighted by Crippen LogP contribution is -2.36. The predicted molar refractivity (Wildman–Crippen MR) is 40.2 cm³/mol. The third-order valence-electron chi connectivity index (χ3n) is 2.13. The van der Waals surface area contributed by atoms with Gasteiger partial charge in [0.2, 0.25) is 0 Å². The molecule has 0 spiro atoms. The van der Waals surface area contributed by atoms with E-state index in [-0.39, 0.29) is 0 Å². The Morgan fingerprint density at radius 1 is 1.33 bits per heavy atom. The minimum absolute atomic E-state index is 0.321. The van der Waals surface area contributed by atoms with Gasteiger partial charge in [0.05, 0.1) is 0 Å². The van der Waals surface area contributed by atoms with E-state index < -0.39 is 0 Å². The van der Waals surface area contributed by atoms with Crippen LogP contribution in [0.1, 0.15) is 33.6 Å². The minimum atomic E-state index is 0.321. The van der Waals surface area contributed by atoms with Crippen molar-refractivity contribution in [2.24, 2.45) is 17.1 Å². The Kier molecular flexibility index (Phi) is 1.55. The van der Waals surface area contributed by atoms with Crippen LogP contribution in [0.25, 0.3) is 0 Å². The van der Waals surface area contributed by atoms with Crippen molar-refractivity contribution in [1.82, 2.24) is 0 Å². The fraction of sp³-hybridized carbons (Fsp3) is 1.00. The minimum Gasteiger partial charge on any atom is -0.327 e. The molecule has 1 rings (SSSR count). The van der Waals surface area contributed by atoms with Crippen LogP contribution in [0.5, 0.6) is 0 Å². The molecular formula is C8H17N. The lowest BCUT2D eigenvalue weighted by Gasteiger charge is -2.26. The van der Waals surface area contributed by atoms with Crippen LogP contribution in [0.4, 0.5) is 0 Å². The van der Waals surface area contributed by atoms with Crippen molar-refractivity contribution >= 4 is 0 Å². The molecule has 1 atom stereocenters. The molecule has 54 valence electrons. The molecule has 1 aliphatic carbocycles. The van der Waals surface area contributed by atoms with Crippen molar-refractivity contribution < 1.29 is 0 Å². The Bertz CT molecular complexity index is 97.6. The van der Waals surface area contributed by atoms with Crippen LogP contribution in [0.3, 0.4) is 0 Å². The molecule has 9 heavy (non-hydrogen) atoms. The van der Waals surface area contributed by atoms with E-state index in [9.17, 15) is 0 Å². The van der Waals surface area contributed by atoms with Gasteiger partial charge in [0.15, 0.2) is 0 Å². The molecular weight excluding hydrogens is 110 g/mol. The average Bonchev–Trinajstić information content (AvgIpc) is 2.40. The van der Waals surface area contributed by atoms with Gasteiger partial charge in [-0.15, -0.1) is 0 Å². The van der Waals surface area contributed by atoms with Crippen molar-refractivity contribution in [3.8, 4) is 0 Å². The molecule has 0 aromatic heterocycles. The predicted octanol–water partition coefficient (Wildman–Crippen LogP) is 1.77. The molecule has 1 saturated carbocycles. The molecule has 0 radical (unpaired) electrons. The zero-order valence-electron chi connectivity index (χ0n) is 6.65. The highest BCUT2D eigenvalue weighted by Gasteiger charge is 2.35. The maximum Gasteiger partial charge on any atom is 0.0116 e. The Morgan fingerprint density at radius 3 is 1.89 bits per heavy atom. The summed E-state index contributed by atoms with van der Waals surface area (Å²) in [5.41, 5.74) is 6.28. The van der Waals surface area contributed by atoms with Crippen LogP contribution in [0, 0.1) is 11.3 Å². The van der Waals surface area contributed by atoms with Crippen LogP contribution in [0.2, 0.25) is 0 Å². The standard InChI is InChI=1S/C8H17N/c1-8(2,3)7(9)6-4-5-6/h6-7H,4-5,9H2,1-3H3/t7-/m0/s1. The van der Waals surface area contributed by atoms with Crippen LogP contribution in [-0.4, -0.2) is 6.04 Å². The summed E-state index contributed by atoms with van der Waals surface area (Å²) in [5, 5.41) is 0. The van der Waals surface area contributed by atoms with Gasteiger partial charge in [-0.25, -0.2) is 0 Å². The number of hydrogen-bond acceptors (Lipinski definition) is 1. The quantitative estimate of drug-likeness (QED) is 0.570. The fourth-order valence-electron chi connectivity index (χ4n) is 1.16. The SMILES string of the molecule is CC(C)(C)[C@@H](N)C1CC1. The van der Waals surface area contributed by atoms with E-state index in [0.717, 1.165) is 5.92 Å². The van der Waals surface area contributed by atoms with Gasteiger partial charge < -0.3 is 5.73 Å². The lowest BCUT2D eigenvalue weighted by atomic mass is 9.84. The highest BCUT2D eigenvalue weighted by atomic mass is 14.7. The van der Waals surface area contributed by atoms with E-state index >= 15 is 0 Å². The van der Waals surface area contributed by atoms with Gasteiger partial charge in [0.1, 0.15) is 0 Å². The first-order valence-electron chi connectivity index (χ1n) is 3.77. The monoisotopic (exact) mass is 127 g/mol. The normalized spacial score (nSPS) is 24.0. The van der Waals surface area contributed by atoms with Crippen LogP contribution >= 0.6 is 0 Å². The summed E-state index contributed by atoms with van der Waals surface area (Å²) < 4.78 is 0. The van der Waals surface area contributed by atoms with Gasteiger partial charge >= 0.3 is 0 Å². The smallest absolute Gasteiger partial charge is 0.0116 e. The van der Waals surface area contributed by atoms with Gasteiger partial charge in [-0.2, -0.15) is 0 Å². The topological polar surface area (TPSA) is 26.0 Å². The summed E-state index contributed by atoms with van der Waals surface area (Å²) in [5.74, 6) is 0.838. The summed E-state index contributed by atoms with van der Waals surface area (Å²) in [6.45, 7) is 6.65. The van der Waals surface area contributed by atoms with Crippen molar-refractivity contribution in [2.45, 2.75) is 39.7 Å². The molecule has 0 amide bonds. The second-order valence-corrected chi connectivity index (χ2v) is 4.23. The fourth-order valence-corrected chi connectivity index (χ4v) is 1.16.